The summed E-state index contributed by atoms with van der Waals surface area (Å²) in [6.45, 7) is 7.42. The summed E-state index contributed by atoms with van der Waals surface area (Å²) in [5.41, 5.74) is 1.73. The smallest absolute Gasteiger partial charge is 0.322 e. The number of amides is 3. The summed E-state index contributed by atoms with van der Waals surface area (Å²) in [6.07, 6.45) is 0. The van der Waals surface area contributed by atoms with Crippen LogP contribution >= 0.6 is 34.8 Å². The first-order chi connectivity index (χ1) is 15.3. The Kier molecular flexibility index (Phi) is 8.48. The van der Waals surface area contributed by atoms with Crippen LogP contribution in [0.1, 0.15) is 19.4 Å². The molecule has 1 aliphatic heterocycles. The van der Waals surface area contributed by atoms with Gasteiger partial charge in [0.15, 0.2) is 6.61 Å². The van der Waals surface area contributed by atoms with Crippen molar-refractivity contribution in [1.29, 1.82) is 0 Å². The maximum absolute atomic E-state index is 13.2. The highest BCUT2D eigenvalue weighted by Gasteiger charge is 2.21. The van der Waals surface area contributed by atoms with Crippen molar-refractivity contribution in [3.8, 4) is 5.75 Å². The molecule has 1 heterocycles. The molecule has 0 aliphatic carbocycles. The zero-order valence-corrected chi connectivity index (χ0v) is 20.2. The second-order valence-electron chi connectivity index (χ2n) is 7.29. The number of benzene rings is 2. The molecule has 32 heavy (non-hydrogen) atoms. The van der Waals surface area contributed by atoms with E-state index < -0.39 is 0 Å². The van der Waals surface area contributed by atoms with Crippen molar-refractivity contribution in [3.63, 3.8) is 0 Å². The Morgan fingerprint density at radius 1 is 1.06 bits per heavy atom. The zero-order chi connectivity index (χ0) is 23.3. The van der Waals surface area contributed by atoms with Crippen LogP contribution in [0.25, 0.3) is 0 Å². The molecule has 0 aromatic heterocycles. The van der Waals surface area contributed by atoms with E-state index in [1.807, 2.05) is 6.07 Å². The molecule has 3 rings (SSSR count). The summed E-state index contributed by atoms with van der Waals surface area (Å²) in [5, 5.41) is 6.74. The lowest BCUT2D eigenvalue weighted by atomic mass is 10.2. The third-order valence-electron chi connectivity index (χ3n) is 5.17. The summed E-state index contributed by atoms with van der Waals surface area (Å²) in [6, 6.07) is 8.16. The van der Waals surface area contributed by atoms with Gasteiger partial charge in [-0.3, -0.25) is 4.79 Å². The molecule has 3 amide bonds. The van der Waals surface area contributed by atoms with Crippen molar-refractivity contribution in [2.45, 2.75) is 20.4 Å². The quantitative estimate of drug-likeness (QED) is 0.513. The largest absolute Gasteiger partial charge is 0.482 e. The van der Waals surface area contributed by atoms with Crippen molar-refractivity contribution in [2.24, 2.45) is 0 Å². The van der Waals surface area contributed by atoms with E-state index in [1.54, 1.807) is 29.2 Å². The van der Waals surface area contributed by atoms with Crippen LogP contribution in [0.4, 0.5) is 16.2 Å². The molecular formula is C22H25Cl3N4O3. The fourth-order valence-corrected chi connectivity index (χ4v) is 3.83. The van der Waals surface area contributed by atoms with Crippen LogP contribution in [0, 0.1) is 0 Å². The SMILES string of the molecule is CCN(CC)CCN(Cc1ccc(Cl)c(Cl)c1)C(=O)Nc1cc2c(cc1Cl)NC(=O)CO2. The number of fused-ring (bicyclic) bond motifs is 1. The number of carbonyl (C=O) groups is 2. The molecule has 2 aromatic carbocycles. The number of urea groups is 1. The second-order valence-corrected chi connectivity index (χ2v) is 8.51. The minimum absolute atomic E-state index is 0.0880. The van der Waals surface area contributed by atoms with Gasteiger partial charge in [-0.05, 0) is 36.9 Å². The molecule has 0 bridgehead atoms. The highest BCUT2D eigenvalue weighted by Crippen LogP contribution is 2.36. The monoisotopic (exact) mass is 498 g/mol. The van der Waals surface area contributed by atoms with Crippen LogP contribution in [0.15, 0.2) is 30.3 Å². The Morgan fingerprint density at radius 3 is 2.50 bits per heavy atom. The van der Waals surface area contributed by atoms with Crippen molar-refractivity contribution in [1.82, 2.24) is 9.80 Å². The number of halogens is 3. The van der Waals surface area contributed by atoms with E-state index in [0.717, 1.165) is 25.2 Å². The van der Waals surface area contributed by atoms with E-state index in [9.17, 15) is 9.59 Å². The topological polar surface area (TPSA) is 73.9 Å². The lowest BCUT2D eigenvalue weighted by Gasteiger charge is -2.27. The Hall–Kier alpha value is -2.19. The van der Waals surface area contributed by atoms with Gasteiger partial charge in [-0.1, -0.05) is 54.7 Å². The molecular weight excluding hydrogens is 475 g/mol. The minimum atomic E-state index is -0.315. The van der Waals surface area contributed by atoms with Crippen LogP contribution in [0.3, 0.4) is 0 Å². The number of ether oxygens (including phenoxy) is 1. The Bertz CT molecular complexity index is 999. The molecule has 0 atom stereocenters. The van der Waals surface area contributed by atoms with Gasteiger partial charge in [0.1, 0.15) is 5.75 Å². The van der Waals surface area contributed by atoms with E-state index in [0.29, 0.717) is 45.3 Å². The van der Waals surface area contributed by atoms with Crippen LogP contribution < -0.4 is 15.4 Å². The van der Waals surface area contributed by atoms with E-state index in [2.05, 4.69) is 29.4 Å². The van der Waals surface area contributed by atoms with E-state index in [4.69, 9.17) is 39.5 Å². The number of nitrogens with zero attached hydrogens (tertiary/aromatic N) is 2. The number of anilines is 2. The molecule has 0 spiro atoms. The van der Waals surface area contributed by atoms with E-state index >= 15 is 0 Å². The Morgan fingerprint density at radius 2 is 1.81 bits per heavy atom. The molecule has 10 heteroatoms. The fourth-order valence-electron chi connectivity index (χ4n) is 3.30. The van der Waals surface area contributed by atoms with Gasteiger partial charge in [0.05, 0.1) is 26.4 Å². The molecule has 0 saturated carbocycles. The maximum Gasteiger partial charge on any atom is 0.322 e. The number of hydrogen-bond donors (Lipinski definition) is 2. The standard InChI is InChI=1S/C22H25Cl3N4O3/c1-3-28(4-2)7-8-29(12-14-5-6-15(23)16(24)9-14)22(31)27-18-11-20-19(10-17(18)25)26-21(30)13-32-20/h5-6,9-11H,3-4,7-8,12-13H2,1-2H3,(H,26,30)(H,27,31). The van der Waals surface area contributed by atoms with Crippen LogP contribution in [0.5, 0.6) is 5.75 Å². The van der Waals surface area contributed by atoms with Gasteiger partial charge in [-0.25, -0.2) is 4.79 Å². The fraction of sp³-hybridized carbons (Fsp3) is 0.364. The first-order valence-electron chi connectivity index (χ1n) is 10.3. The lowest BCUT2D eigenvalue weighted by Crippen LogP contribution is -2.40. The third kappa shape index (κ3) is 6.19. The third-order valence-corrected chi connectivity index (χ3v) is 6.22. The molecule has 172 valence electrons. The molecule has 0 fully saturated rings. The van der Waals surface area contributed by atoms with Crippen molar-refractivity contribution in [2.75, 3.05) is 43.4 Å². The summed E-state index contributed by atoms with van der Waals surface area (Å²) in [7, 11) is 0. The van der Waals surface area contributed by atoms with Gasteiger partial charge in [0, 0.05) is 25.7 Å². The van der Waals surface area contributed by atoms with Gasteiger partial charge in [0.25, 0.3) is 5.91 Å². The van der Waals surface area contributed by atoms with E-state index in [-0.39, 0.29) is 18.5 Å². The molecule has 7 nitrogen and oxygen atoms in total. The van der Waals surface area contributed by atoms with Crippen molar-refractivity contribution < 1.29 is 14.3 Å². The minimum Gasteiger partial charge on any atom is -0.482 e. The van der Waals surface area contributed by atoms with Crippen molar-refractivity contribution >= 4 is 58.1 Å². The average molecular weight is 500 g/mol. The molecule has 0 unspecified atom stereocenters. The Balaban J connectivity index is 1.79. The molecule has 2 aromatic rings. The summed E-state index contributed by atoms with van der Waals surface area (Å²) >= 11 is 18.5. The lowest BCUT2D eigenvalue weighted by molar-refractivity contribution is -0.118. The molecule has 1 aliphatic rings. The first kappa shape index (κ1) is 24.5. The van der Waals surface area contributed by atoms with Gasteiger partial charge < -0.3 is 25.2 Å². The maximum atomic E-state index is 13.2. The highest BCUT2D eigenvalue weighted by atomic mass is 35.5. The number of nitrogens with one attached hydrogen (secondary N) is 2. The zero-order valence-electron chi connectivity index (χ0n) is 17.9. The highest BCUT2D eigenvalue weighted by molar-refractivity contribution is 6.42. The number of likely N-dealkylation sites (N-methyl/N-ethyl adjacent to an activating group) is 1. The second kappa shape index (κ2) is 11.1. The summed E-state index contributed by atoms with van der Waals surface area (Å²) < 4.78 is 5.43. The summed E-state index contributed by atoms with van der Waals surface area (Å²) in [4.78, 5) is 28.6. The number of hydrogen-bond acceptors (Lipinski definition) is 4. The Labute approximate surface area is 202 Å². The van der Waals surface area contributed by atoms with Gasteiger partial charge in [-0.15, -0.1) is 0 Å². The number of rotatable bonds is 8. The average Bonchev–Trinajstić information content (AvgIpc) is 2.76. The predicted octanol–water partition coefficient (Wildman–Crippen LogP) is 5.35. The summed E-state index contributed by atoms with van der Waals surface area (Å²) in [5.74, 6) is 0.193. The number of carbonyl (C=O) groups excluding carboxylic acids is 2. The van der Waals surface area contributed by atoms with Crippen LogP contribution in [-0.4, -0.2) is 54.5 Å². The van der Waals surface area contributed by atoms with Crippen LogP contribution in [0.2, 0.25) is 15.1 Å². The van der Waals surface area contributed by atoms with Gasteiger partial charge in [0.2, 0.25) is 0 Å². The molecule has 2 N–H and O–H groups in total. The van der Waals surface area contributed by atoms with Gasteiger partial charge in [-0.2, -0.15) is 0 Å². The first-order valence-corrected chi connectivity index (χ1v) is 11.4. The molecule has 0 saturated heterocycles. The molecule has 0 radical (unpaired) electrons. The predicted molar refractivity (Wildman–Crippen MR) is 129 cm³/mol. The van der Waals surface area contributed by atoms with Gasteiger partial charge >= 0.3 is 6.03 Å². The normalized spacial score (nSPS) is 12.8. The van der Waals surface area contributed by atoms with Crippen molar-refractivity contribution in [3.05, 3.63) is 51.0 Å². The van der Waals surface area contributed by atoms with E-state index in [1.165, 1.54) is 0 Å². The van der Waals surface area contributed by atoms with Crippen LogP contribution in [-0.2, 0) is 11.3 Å².